The van der Waals surface area contributed by atoms with E-state index < -0.39 is 97.5 Å². The number of aliphatic hydroxyl groups excluding tert-OH is 1. The highest BCUT2D eigenvalue weighted by Gasteiger charge is 2.30. The zero-order valence-electron chi connectivity index (χ0n) is 68.3. The summed E-state index contributed by atoms with van der Waals surface area (Å²) >= 11 is 0. The van der Waals surface area contributed by atoms with Crippen molar-refractivity contribution in [2.75, 3.05) is 39.6 Å². The number of hydrogen-bond donors (Lipinski definition) is 3. The van der Waals surface area contributed by atoms with Crippen LogP contribution in [0.5, 0.6) is 0 Å². The Labute approximate surface area is 638 Å². The molecule has 104 heavy (non-hydrogen) atoms. The standard InChI is InChI=1S/C85H166O17P2/c1-7-10-12-14-16-18-20-22-24-26-28-29-30-32-34-36-38-40-42-51-57-63-69-84(89)101-80(73-95-82(87)67-61-55-49-41-39-37-35-33-31-27-25-23-21-19-17-15-13-11-8-2)75-99-103(91,92)97-71-79(86)72-98-104(93,94)100-76-81(74-96-83(88)68-62-56-50-45-43-47-53-59-65-77(4)5)102-85(90)70-64-58-52-46-44-48-54-60-66-78(6)9-3/h77-81,86H,7-76H2,1-6H3,(H,91,92)(H,93,94)/t78?,79-,80-,81-/m1/s1. The average Bonchev–Trinajstić information content (AvgIpc) is 0.904. The van der Waals surface area contributed by atoms with Crippen molar-refractivity contribution in [3.63, 3.8) is 0 Å². The van der Waals surface area contributed by atoms with Crippen LogP contribution in [0.4, 0.5) is 0 Å². The largest absolute Gasteiger partial charge is 0.472 e. The summed E-state index contributed by atoms with van der Waals surface area (Å²) in [5, 5.41) is 10.7. The van der Waals surface area contributed by atoms with Crippen LogP contribution < -0.4 is 0 Å². The first kappa shape index (κ1) is 102. The summed E-state index contributed by atoms with van der Waals surface area (Å²) in [5.74, 6) is -0.612. The first-order chi connectivity index (χ1) is 50.4. The zero-order chi connectivity index (χ0) is 76.4. The molecular weight excluding hydrogens is 1350 g/mol. The summed E-state index contributed by atoms with van der Waals surface area (Å²) < 4.78 is 68.8. The van der Waals surface area contributed by atoms with Crippen molar-refractivity contribution in [2.24, 2.45) is 11.8 Å². The molecule has 0 saturated carbocycles. The Morgan fingerprint density at radius 2 is 0.490 bits per heavy atom. The average molecular weight is 1520 g/mol. The van der Waals surface area contributed by atoms with E-state index in [4.69, 9.17) is 37.0 Å². The SMILES string of the molecule is CCCCCCCCCCCCCCCCCCCCCCCCC(=O)O[C@H](COC(=O)CCCCCCCCCCCCCCCCCCCCC)COP(=O)(O)OC[C@@H](O)COP(=O)(O)OC[C@@H](COC(=O)CCCCCCCCCCC(C)C)OC(=O)CCCCCCCCCCC(C)CC. The molecule has 0 heterocycles. The summed E-state index contributed by atoms with van der Waals surface area (Å²) in [6, 6.07) is 0. The molecule has 618 valence electrons. The third-order valence-corrected chi connectivity index (χ3v) is 22.2. The Hall–Kier alpha value is -1.94. The Balaban J connectivity index is 5.21. The van der Waals surface area contributed by atoms with Crippen molar-refractivity contribution in [1.29, 1.82) is 0 Å². The summed E-state index contributed by atoms with van der Waals surface area (Å²) in [5.41, 5.74) is 0. The van der Waals surface area contributed by atoms with Gasteiger partial charge in [-0.3, -0.25) is 37.3 Å². The first-order valence-electron chi connectivity index (χ1n) is 44.0. The molecule has 0 rings (SSSR count). The molecule has 17 nitrogen and oxygen atoms in total. The lowest BCUT2D eigenvalue weighted by atomic mass is 9.99. The van der Waals surface area contributed by atoms with Crippen LogP contribution in [-0.4, -0.2) is 96.7 Å². The second-order valence-electron chi connectivity index (χ2n) is 31.3. The van der Waals surface area contributed by atoms with Crippen LogP contribution in [0.15, 0.2) is 0 Å². The molecule has 0 bridgehead atoms. The number of ether oxygens (including phenoxy) is 4. The maximum atomic E-state index is 13.1. The van der Waals surface area contributed by atoms with E-state index in [1.165, 1.54) is 270 Å². The lowest BCUT2D eigenvalue weighted by molar-refractivity contribution is -0.161. The molecule has 0 aromatic carbocycles. The third kappa shape index (κ3) is 76.8. The van der Waals surface area contributed by atoms with Gasteiger partial charge < -0.3 is 33.8 Å². The Morgan fingerprint density at radius 3 is 0.731 bits per heavy atom. The van der Waals surface area contributed by atoms with Crippen molar-refractivity contribution in [1.82, 2.24) is 0 Å². The highest BCUT2D eigenvalue weighted by molar-refractivity contribution is 7.47. The molecule has 6 atom stereocenters. The van der Waals surface area contributed by atoms with Gasteiger partial charge in [-0.1, -0.05) is 401 Å². The predicted molar refractivity (Wildman–Crippen MR) is 428 cm³/mol. The minimum atomic E-state index is -4.97. The van der Waals surface area contributed by atoms with Gasteiger partial charge in [0.05, 0.1) is 26.4 Å². The van der Waals surface area contributed by atoms with Crippen LogP contribution in [-0.2, 0) is 65.4 Å². The zero-order valence-corrected chi connectivity index (χ0v) is 70.1. The number of unbranched alkanes of at least 4 members (excludes halogenated alkanes) is 53. The number of hydrogen-bond acceptors (Lipinski definition) is 15. The molecule has 0 aliphatic carbocycles. The van der Waals surface area contributed by atoms with Crippen molar-refractivity contribution in [2.45, 2.75) is 471 Å². The fourth-order valence-corrected chi connectivity index (χ4v) is 14.8. The maximum Gasteiger partial charge on any atom is 0.472 e. The van der Waals surface area contributed by atoms with Gasteiger partial charge in [0.25, 0.3) is 0 Å². The predicted octanol–water partition coefficient (Wildman–Crippen LogP) is 25.8. The molecular formula is C85H166O17P2. The van der Waals surface area contributed by atoms with Gasteiger partial charge in [0.15, 0.2) is 12.2 Å². The van der Waals surface area contributed by atoms with E-state index >= 15 is 0 Å². The summed E-state index contributed by atoms with van der Waals surface area (Å²) in [7, 11) is -9.93. The summed E-state index contributed by atoms with van der Waals surface area (Å²) in [6.07, 6.45) is 68.3. The van der Waals surface area contributed by atoms with Crippen LogP contribution in [0.3, 0.4) is 0 Å². The molecule has 0 aromatic rings. The van der Waals surface area contributed by atoms with Crippen molar-refractivity contribution in [3.8, 4) is 0 Å². The molecule has 0 amide bonds. The van der Waals surface area contributed by atoms with Crippen LogP contribution in [0.1, 0.15) is 452 Å². The molecule has 0 spiro atoms. The molecule has 0 aromatic heterocycles. The number of phosphoric acid groups is 2. The quantitative estimate of drug-likeness (QED) is 0.0222. The van der Waals surface area contributed by atoms with Gasteiger partial charge in [0, 0.05) is 25.7 Å². The van der Waals surface area contributed by atoms with Gasteiger partial charge in [0.1, 0.15) is 19.3 Å². The van der Waals surface area contributed by atoms with Gasteiger partial charge in [-0.15, -0.1) is 0 Å². The highest BCUT2D eigenvalue weighted by Crippen LogP contribution is 2.45. The number of phosphoric ester groups is 2. The molecule has 19 heteroatoms. The van der Waals surface area contributed by atoms with E-state index in [-0.39, 0.29) is 25.7 Å². The Kier molecular flexibility index (Phi) is 75.0. The van der Waals surface area contributed by atoms with E-state index in [9.17, 15) is 43.2 Å². The number of carbonyl (C=O) groups is 4. The van der Waals surface area contributed by atoms with Gasteiger partial charge in [-0.2, -0.15) is 0 Å². The van der Waals surface area contributed by atoms with E-state index in [2.05, 4.69) is 41.5 Å². The molecule has 3 N–H and O–H groups in total. The van der Waals surface area contributed by atoms with E-state index in [1.807, 2.05) is 0 Å². The van der Waals surface area contributed by atoms with Gasteiger partial charge in [-0.25, -0.2) is 9.13 Å². The number of rotatable bonds is 84. The fraction of sp³-hybridized carbons (Fsp3) is 0.953. The van der Waals surface area contributed by atoms with Crippen LogP contribution in [0, 0.1) is 11.8 Å². The number of esters is 4. The smallest absolute Gasteiger partial charge is 0.462 e. The van der Waals surface area contributed by atoms with Crippen LogP contribution >= 0.6 is 15.6 Å². The summed E-state index contributed by atoms with van der Waals surface area (Å²) in [6.45, 7) is 9.61. The third-order valence-electron chi connectivity index (χ3n) is 20.3. The molecule has 3 unspecified atom stereocenters. The second-order valence-corrected chi connectivity index (χ2v) is 34.2. The van der Waals surface area contributed by atoms with Crippen molar-refractivity contribution >= 4 is 39.5 Å². The highest BCUT2D eigenvalue weighted by atomic mass is 31.2. The maximum absolute atomic E-state index is 13.1. The van der Waals surface area contributed by atoms with Crippen LogP contribution in [0.2, 0.25) is 0 Å². The minimum Gasteiger partial charge on any atom is -0.462 e. The normalized spacial score (nSPS) is 14.1. The fourth-order valence-electron chi connectivity index (χ4n) is 13.2. The van der Waals surface area contributed by atoms with E-state index in [0.717, 1.165) is 102 Å². The summed E-state index contributed by atoms with van der Waals surface area (Å²) in [4.78, 5) is 73.1. The van der Waals surface area contributed by atoms with Crippen molar-refractivity contribution in [3.05, 3.63) is 0 Å². The molecule has 0 radical (unpaired) electrons. The second kappa shape index (κ2) is 76.4. The topological polar surface area (TPSA) is 237 Å². The van der Waals surface area contributed by atoms with E-state index in [0.29, 0.717) is 25.7 Å². The molecule has 0 fully saturated rings. The monoisotopic (exact) mass is 1520 g/mol. The van der Waals surface area contributed by atoms with E-state index in [1.54, 1.807) is 0 Å². The van der Waals surface area contributed by atoms with Crippen molar-refractivity contribution < 1.29 is 80.2 Å². The lowest BCUT2D eigenvalue weighted by Gasteiger charge is -2.21. The minimum absolute atomic E-state index is 0.105. The molecule has 0 saturated heterocycles. The molecule has 0 aliphatic rings. The lowest BCUT2D eigenvalue weighted by Crippen LogP contribution is -2.30. The van der Waals surface area contributed by atoms with Gasteiger partial charge >= 0.3 is 39.5 Å². The molecule has 0 aliphatic heterocycles. The van der Waals surface area contributed by atoms with Crippen LogP contribution in [0.25, 0.3) is 0 Å². The first-order valence-corrected chi connectivity index (χ1v) is 47.0. The number of aliphatic hydroxyl groups is 1. The van der Waals surface area contributed by atoms with Gasteiger partial charge in [0.2, 0.25) is 0 Å². The Morgan fingerprint density at radius 1 is 0.279 bits per heavy atom. The Bertz CT molecular complexity index is 2000. The number of carbonyl (C=O) groups excluding carboxylic acids is 4. The van der Waals surface area contributed by atoms with Gasteiger partial charge in [-0.05, 0) is 37.5 Å².